The van der Waals surface area contributed by atoms with Gasteiger partial charge in [0.05, 0.1) is 0 Å². The first-order valence-corrected chi connectivity index (χ1v) is 4.44. The third kappa shape index (κ3) is 2.05. The zero-order chi connectivity index (χ0) is 8.27. The van der Waals surface area contributed by atoms with Crippen LogP contribution in [0, 0.1) is 0 Å². The largest absolute Gasteiger partial charge is 0.508 e. The predicted molar refractivity (Wildman–Crippen MR) is 48.9 cm³/mol. The first-order valence-electron chi connectivity index (χ1n) is 3.45. The lowest BCUT2D eigenvalue weighted by molar-refractivity contribution is 0.475. The molecule has 0 aromatic heterocycles. The van der Waals surface area contributed by atoms with Gasteiger partial charge in [-0.25, -0.2) is 0 Å². The molecule has 0 fully saturated rings. The van der Waals surface area contributed by atoms with Crippen molar-refractivity contribution in [3.63, 3.8) is 0 Å². The van der Waals surface area contributed by atoms with Crippen LogP contribution in [0.2, 0.25) is 0 Å². The van der Waals surface area contributed by atoms with Crippen LogP contribution >= 0.6 is 11.8 Å². The number of nitrogen functional groups attached to an aromatic ring is 1. The van der Waals surface area contributed by atoms with Crippen molar-refractivity contribution < 1.29 is 5.11 Å². The number of anilines is 1. The van der Waals surface area contributed by atoms with E-state index in [1.54, 1.807) is 23.9 Å². The second-order valence-electron chi connectivity index (χ2n) is 2.16. The molecule has 0 saturated carbocycles. The van der Waals surface area contributed by atoms with Crippen molar-refractivity contribution >= 4 is 17.4 Å². The van der Waals surface area contributed by atoms with Crippen molar-refractivity contribution in [3.05, 3.63) is 18.2 Å². The molecule has 0 heterocycles. The molecule has 3 heteroatoms. The van der Waals surface area contributed by atoms with Gasteiger partial charge in [-0.05, 0) is 17.9 Å². The molecule has 0 atom stereocenters. The van der Waals surface area contributed by atoms with Crippen LogP contribution in [0.25, 0.3) is 0 Å². The predicted octanol–water partition coefficient (Wildman–Crippen LogP) is 2.09. The summed E-state index contributed by atoms with van der Waals surface area (Å²) in [5.74, 6) is 1.22. The van der Waals surface area contributed by atoms with E-state index in [1.165, 1.54) is 0 Å². The van der Waals surface area contributed by atoms with E-state index in [4.69, 9.17) is 10.8 Å². The maximum Gasteiger partial charge on any atom is 0.117 e. The van der Waals surface area contributed by atoms with E-state index in [-0.39, 0.29) is 5.75 Å². The van der Waals surface area contributed by atoms with Gasteiger partial charge in [0.25, 0.3) is 0 Å². The van der Waals surface area contributed by atoms with Crippen molar-refractivity contribution in [1.82, 2.24) is 0 Å². The lowest BCUT2D eigenvalue weighted by Gasteiger charge is -2.02. The molecular weight excluding hydrogens is 158 g/mol. The maximum absolute atomic E-state index is 9.02. The molecule has 0 radical (unpaired) electrons. The Kier molecular flexibility index (Phi) is 2.65. The molecule has 60 valence electrons. The zero-order valence-electron chi connectivity index (χ0n) is 6.37. The summed E-state index contributed by atoms with van der Waals surface area (Å²) < 4.78 is 0. The van der Waals surface area contributed by atoms with E-state index in [0.717, 1.165) is 10.6 Å². The summed E-state index contributed by atoms with van der Waals surface area (Å²) in [7, 11) is 0. The lowest BCUT2D eigenvalue weighted by Crippen LogP contribution is -1.87. The highest BCUT2D eigenvalue weighted by Crippen LogP contribution is 2.27. The first kappa shape index (κ1) is 8.27. The van der Waals surface area contributed by atoms with Crippen molar-refractivity contribution in [2.45, 2.75) is 11.8 Å². The van der Waals surface area contributed by atoms with Gasteiger partial charge in [0.15, 0.2) is 0 Å². The van der Waals surface area contributed by atoms with Gasteiger partial charge >= 0.3 is 0 Å². The summed E-state index contributed by atoms with van der Waals surface area (Å²) in [5, 5.41) is 9.02. The molecule has 0 saturated heterocycles. The molecular formula is C8H11NOS. The molecule has 0 unspecified atom stereocenters. The van der Waals surface area contributed by atoms with Crippen molar-refractivity contribution in [3.8, 4) is 5.75 Å². The molecule has 11 heavy (non-hydrogen) atoms. The van der Waals surface area contributed by atoms with E-state index < -0.39 is 0 Å². The van der Waals surface area contributed by atoms with Crippen LogP contribution in [0.3, 0.4) is 0 Å². The summed E-state index contributed by atoms with van der Waals surface area (Å²) in [5.41, 5.74) is 6.28. The summed E-state index contributed by atoms with van der Waals surface area (Å²) in [6.45, 7) is 2.07. The van der Waals surface area contributed by atoms with Gasteiger partial charge < -0.3 is 10.8 Å². The molecule has 1 aromatic rings. The fraction of sp³-hybridized carbons (Fsp3) is 0.250. The molecule has 0 aliphatic rings. The Bertz CT molecular complexity index is 250. The Morgan fingerprint density at radius 1 is 1.55 bits per heavy atom. The number of nitrogens with two attached hydrogens (primary N) is 1. The number of benzene rings is 1. The van der Waals surface area contributed by atoms with Gasteiger partial charge in [-0.1, -0.05) is 6.92 Å². The quantitative estimate of drug-likeness (QED) is 0.526. The van der Waals surface area contributed by atoms with Gasteiger partial charge in [0.2, 0.25) is 0 Å². The van der Waals surface area contributed by atoms with E-state index in [1.807, 2.05) is 6.07 Å². The van der Waals surface area contributed by atoms with Crippen molar-refractivity contribution in [2.24, 2.45) is 0 Å². The highest BCUT2D eigenvalue weighted by molar-refractivity contribution is 7.99. The number of hydrogen-bond acceptors (Lipinski definition) is 3. The molecule has 0 amide bonds. The molecule has 1 aromatic carbocycles. The van der Waals surface area contributed by atoms with Crippen LogP contribution in [0.15, 0.2) is 23.1 Å². The van der Waals surface area contributed by atoms with Gasteiger partial charge in [0, 0.05) is 16.6 Å². The zero-order valence-corrected chi connectivity index (χ0v) is 7.19. The molecule has 3 N–H and O–H groups in total. The highest BCUT2D eigenvalue weighted by atomic mass is 32.2. The third-order valence-electron chi connectivity index (χ3n) is 1.29. The van der Waals surface area contributed by atoms with Gasteiger partial charge in [-0.2, -0.15) is 0 Å². The molecule has 0 bridgehead atoms. The van der Waals surface area contributed by atoms with Crippen LogP contribution in [-0.4, -0.2) is 10.9 Å². The third-order valence-corrected chi connectivity index (χ3v) is 2.26. The second-order valence-corrected chi connectivity index (χ2v) is 3.46. The number of thioether (sulfide) groups is 1. The van der Waals surface area contributed by atoms with E-state index >= 15 is 0 Å². The van der Waals surface area contributed by atoms with Gasteiger partial charge in [0.1, 0.15) is 5.75 Å². The molecule has 0 aliphatic carbocycles. The number of aromatic hydroxyl groups is 1. The number of hydrogen-bond donors (Lipinski definition) is 2. The fourth-order valence-corrected chi connectivity index (χ4v) is 1.52. The monoisotopic (exact) mass is 169 g/mol. The molecule has 2 nitrogen and oxygen atoms in total. The average molecular weight is 169 g/mol. The number of rotatable bonds is 2. The van der Waals surface area contributed by atoms with Crippen molar-refractivity contribution in [1.29, 1.82) is 0 Å². The van der Waals surface area contributed by atoms with Gasteiger partial charge in [-0.15, -0.1) is 11.8 Å². The Hall–Kier alpha value is -0.830. The Labute approximate surface area is 70.4 Å². The highest BCUT2D eigenvalue weighted by Gasteiger charge is 1.98. The normalized spacial score (nSPS) is 9.91. The van der Waals surface area contributed by atoms with Crippen LogP contribution < -0.4 is 5.73 Å². The number of phenols is 1. The van der Waals surface area contributed by atoms with E-state index in [9.17, 15) is 0 Å². The smallest absolute Gasteiger partial charge is 0.117 e. The fourth-order valence-electron chi connectivity index (χ4n) is 0.823. The van der Waals surface area contributed by atoms with E-state index in [2.05, 4.69) is 6.92 Å². The maximum atomic E-state index is 9.02. The summed E-state index contributed by atoms with van der Waals surface area (Å²) in [4.78, 5) is 1.03. The minimum absolute atomic E-state index is 0.225. The van der Waals surface area contributed by atoms with E-state index in [0.29, 0.717) is 5.69 Å². The standard InChI is InChI=1S/C8H11NOS/c1-2-11-8-4-3-6(10)5-7(8)9/h3-5,10H,2,9H2,1H3. The lowest BCUT2D eigenvalue weighted by atomic mass is 10.3. The first-order chi connectivity index (χ1) is 5.24. The summed E-state index contributed by atoms with van der Waals surface area (Å²) in [6.07, 6.45) is 0. The molecule has 0 aliphatic heterocycles. The Morgan fingerprint density at radius 2 is 2.27 bits per heavy atom. The SMILES string of the molecule is CCSc1ccc(O)cc1N. The molecule has 1 rings (SSSR count). The second kappa shape index (κ2) is 3.53. The molecule has 0 spiro atoms. The van der Waals surface area contributed by atoms with Crippen LogP contribution in [-0.2, 0) is 0 Å². The summed E-state index contributed by atoms with van der Waals surface area (Å²) in [6, 6.07) is 5.05. The van der Waals surface area contributed by atoms with Crippen molar-refractivity contribution in [2.75, 3.05) is 11.5 Å². The average Bonchev–Trinajstić information content (AvgIpc) is 1.95. The minimum atomic E-state index is 0.225. The topological polar surface area (TPSA) is 46.2 Å². The Morgan fingerprint density at radius 3 is 2.82 bits per heavy atom. The van der Waals surface area contributed by atoms with Crippen LogP contribution in [0.5, 0.6) is 5.75 Å². The van der Waals surface area contributed by atoms with Crippen LogP contribution in [0.1, 0.15) is 6.92 Å². The Balaban J connectivity index is 2.90. The minimum Gasteiger partial charge on any atom is -0.508 e. The number of phenolic OH excluding ortho intramolecular Hbond substituents is 1. The summed E-state index contributed by atoms with van der Waals surface area (Å²) >= 11 is 1.67. The van der Waals surface area contributed by atoms with Crippen LogP contribution in [0.4, 0.5) is 5.69 Å². The van der Waals surface area contributed by atoms with Gasteiger partial charge in [-0.3, -0.25) is 0 Å².